The Labute approximate surface area is 424 Å². The van der Waals surface area contributed by atoms with Crippen LogP contribution in [0.1, 0.15) is 105 Å². The first-order chi connectivity index (χ1) is 34.4. The minimum absolute atomic E-state index is 0.0241. The summed E-state index contributed by atoms with van der Waals surface area (Å²) in [5, 5.41) is 115. The molecule has 0 radical (unpaired) electrons. The molecular formula is C51H80O22. The van der Waals surface area contributed by atoms with E-state index in [1.165, 1.54) is 19.4 Å². The number of carboxylic acid groups (broad SMARTS) is 1. The highest BCUT2D eigenvalue weighted by Crippen LogP contribution is 2.71. The highest BCUT2D eigenvalue weighted by Gasteiger charge is 2.69. The third-order valence-corrected chi connectivity index (χ3v) is 19.1. The van der Waals surface area contributed by atoms with Gasteiger partial charge in [-0.05, 0) is 99.7 Å². The van der Waals surface area contributed by atoms with Gasteiger partial charge in [-0.15, -0.1) is 0 Å². The van der Waals surface area contributed by atoms with Crippen molar-refractivity contribution in [1.82, 2.24) is 0 Å². The van der Waals surface area contributed by atoms with Crippen LogP contribution in [0.25, 0.3) is 0 Å². The zero-order chi connectivity index (χ0) is 52.7. The molecule has 9 aliphatic rings. The highest BCUT2D eigenvalue weighted by molar-refractivity contribution is 5.73. The van der Waals surface area contributed by atoms with Gasteiger partial charge in [0, 0.05) is 18.3 Å². The number of carbonyl (C=O) groups excluding carboxylic acids is 1. The summed E-state index contributed by atoms with van der Waals surface area (Å²) in [5.41, 5.74) is -0.554. The lowest BCUT2D eigenvalue weighted by Crippen LogP contribution is -2.67. The Morgan fingerprint density at radius 1 is 0.753 bits per heavy atom. The molecule has 1 spiro atoms. The molecule has 11 N–H and O–H groups in total. The maximum atomic E-state index is 12.5. The Morgan fingerprint density at radius 3 is 2.08 bits per heavy atom. The molecule has 9 rings (SSSR count). The van der Waals surface area contributed by atoms with E-state index < -0.39 is 148 Å². The summed E-state index contributed by atoms with van der Waals surface area (Å²) in [5.74, 6) is -0.952. The number of carbonyl (C=O) groups is 2. The van der Waals surface area contributed by atoms with Crippen molar-refractivity contribution in [3.8, 4) is 0 Å². The molecule has 3 saturated carbocycles. The van der Waals surface area contributed by atoms with Crippen LogP contribution in [0, 0.1) is 46.3 Å². The van der Waals surface area contributed by atoms with E-state index in [1.807, 2.05) is 0 Å². The number of aliphatic hydroxyl groups is 10. The normalized spacial score (nSPS) is 51.5. The maximum absolute atomic E-state index is 12.5. The van der Waals surface area contributed by atoms with Crippen LogP contribution < -0.4 is 0 Å². The molecule has 73 heavy (non-hydrogen) atoms. The number of esters is 1. The molecule has 15 unspecified atom stereocenters. The Hall–Kier alpha value is -2.04. The van der Waals surface area contributed by atoms with Gasteiger partial charge in [0.15, 0.2) is 24.7 Å². The van der Waals surface area contributed by atoms with Crippen molar-refractivity contribution in [3.05, 3.63) is 11.6 Å². The lowest BCUT2D eigenvalue weighted by molar-refractivity contribution is -0.394. The molecule has 5 aliphatic heterocycles. The Morgan fingerprint density at radius 2 is 1.41 bits per heavy atom. The van der Waals surface area contributed by atoms with Crippen LogP contribution in [0.15, 0.2) is 11.6 Å². The van der Waals surface area contributed by atoms with Gasteiger partial charge in [0.05, 0.1) is 63.2 Å². The van der Waals surface area contributed by atoms with Crippen molar-refractivity contribution >= 4 is 11.9 Å². The first kappa shape index (κ1) is 55.7. The first-order valence-corrected chi connectivity index (χ1v) is 26.5. The number of aliphatic carboxylic acids is 1. The quantitative estimate of drug-likeness (QED) is 0.0761. The highest BCUT2D eigenvalue weighted by atomic mass is 16.8. The Bertz CT molecular complexity index is 1980. The molecule has 5 saturated heterocycles. The second-order valence-electron chi connectivity index (χ2n) is 23.8. The summed E-state index contributed by atoms with van der Waals surface area (Å²) >= 11 is 0. The number of carboxylic acids is 1. The van der Waals surface area contributed by atoms with Gasteiger partial charge in [-0.25, -0.2) is 0 Å². The molecule has 0 aromatic heterocycles. The summed E-state index contributed by atoms with van der Waals surface area (Å²) in [6.07, 6.45) is -15.5. The van der Waals surface area contributed by atoms with E-state index >= 15 is 0 Å². The SMILES string of the molecule is CC1OC(OC2C(O[C@H]3CC[C@@]4(C)C(=CC[C@H]5[C@@H]6C[C@@H]7O[C@]8(CC[C@@H](COC(=O)C[C@@](C)(O)CC(=O)O)CO8)[C@@H](C)[C@@H]7[C@@]6(C)CC[C@@H]54)C3)OC(CO)C(O)C2OC2OC(CO)C(O)C(O)C2O)C(O)C(O)C1O. The number of hydrogen-bond acceptors (Lipinski definition) is 21. The monoisotopic (exact) mass is 1040 g/mol. The molecular weight excluding hydrogens is 965 g/mol. The molecule has 22 nitrogen and oxygen atoms in total. The minimum Gasteiger partial charge on any atom is -0.481 e. The van der Waals surface area contributed by atoms with E-state index in [1.54, 1.807) is 0 Å². The molecule has 8 fully saturated rings. The second-order valence-corrected chi connectivity index (χ2v) is 23.8. The van der Waals surface area contributed by atoms with Crippen molar-refractivity contribution in [2.24, 2.45) is 46.3 Å². The van der Waals surface area contributed by atoms with Crippen molar-refractivity contribution < 1.29 is 108 Å². The van der Waals surface area contributed by atoms with Crippen molar-refractivity contribution in [2.75, 3.05) is 26.4 Å². The third kappa shape index (κ3) is 10.3. The van der Waals surface area contributed by atoms with E-state index in [4.69, 9.17) is 47.7 Å². The molecule has 27 atom stereocenters. The Kier molecular flexibility index (Phi) is 16.3. The van der Waals surface area contributed by atoms with Gasteiger partial charge >= 0.3 is 11.9 Å². The molecule has 4 aliphatic carbocycles. The van der Waals surface area contributed by atoms with Gasteiger partial charge in [0.2, 0.25) is 0 Å². The number of hydrogen-bond donors (Lipinski definition) is 11. The average molecular weight is 1050 g/mol. The number of fused-ring (bicyclic) bond motifs is 7. The fourth-order valence-electron chi connectivity index (χ4n) is 15.0. The number of ether oxygens (including phenoxy) is 9. The van der Waals surface area contributed by atoms with Crippen LogP contribution in [-0.4, -0.2) is 210 Å². The van der Waals surface area contributed by atoms with E-state index in [0.717, 1.165) is 38.5 Å². The molecule has 22 heteroatoms. The fraction of sp³-hybridized carbons (Fsp3) is 0.922. The van der Waals surface area contributed by atoms with Crippen molar-refractivity contribution in [2.45, 2.75) is 221 Å². The van der Waals surface area contributed by atoms with Crippen LogP contribution in [0.4, 0.5) is 0 Å². The predicted octanol–water partition coefficient (Wildman–Crippen LogP) is -0.647. The second kappa shape index (κ2) is 21.3. The van der Waals surface area contributed by atoms with Gasteiger partial charge in [0.1, 0.15) is 67.1 Å². The topological polar surface area (TPSA) is 340 Å². The number of allylic oxidation sites excluding steroid dienone is 1. The van der Waals surface area contributed by atoms with Crippen molar-refractivity contribution in [1.29, 1.82) is 0 Å². The Balaban J connectivity index is 0.866. The van der Waals surface area contributed by atoms with Crippen LogP contribution in [0.2, 0.25) is 0 Å². The molecule has 416 valence electrons. The maximum Gasteiger partial charge on any atom is 0.308 e. The summed E-state index contributed by atoms with van der Waals surface area (Å²) in [6.45, 7) is 8.84. The summed E-state index contributed by atoms with van der Waals surface area (Å²) in [7, 11) is 0. The summed E-state index contributed by atoms with van der Waals surface area (Å²) < 4.78 is 55.8. The fourth-order valence-corrected chi connectivity index (χ4v) is 15.0. The predicted molar refractivity (Wildman–Crippen MR) is 247 cm³/mol. The largest absolute Gasteiger partial charge is 0.481 e. The molecule has 5 heterocycles. The third-order valence-electron chi connectivity index (χ3n) is 19.1. The van der Waals surface area contributed by atoms with Crippen LogP contribution in [0.5, 0.6) is 0 Å². The van der Waals surface area contributed by atoms with Gasteiger partial charge in [0.25, 0.3) is 0 Å². The average Bonchev–Trinajstić information content (AvgIpc) is 3.79. The van der Waals surface area contributed by atoms with Crippen LogP contribution in [0.3, 0.4) is 0 Å². The minimum atomic E-state index is -1.87. The van der Waals surface area contributed by atoms with E-state index in [2.05, 4.69) is 26.8 Å². The first-order valence-electron chi connectivity index (χ1n) is 26.5. The smallest absolute Gasteiger partial charge is 0.308 e. The molecule has 0 aromatic carbocycles. The molecule has 0 bridgehead atoms. The van der Waals surface area contributed by atoms with Gasteiger partial charge in [-0.2, -0.15) is 0 Å². The van der Waals surface area contributed by atoms with Gasteiger partial charge < -0.3 is 98.8 Å². The number of rotatable bonds is 14. The zero-order valence-corrected chi connectivity index (χ0v) is 42.4. The van der Waals surface area contributed by atoms with Gasteiger partial charge in [-0.3, -0.25) is 9.59 Å². The van der Waals surface area contributed by atoms with E-state index in [0.29, 0.717) is 49.5 Å². The lowest BCUT2D eigenvalue weighted by Gasteiger charge is -2.59. The molecule has 0 aromatic rings. The van der Waals surface area contributed by atoms with E-state index in [9.17, 15) is 60.7 Å². The lowest BCUT2D eigenvalue weighted by atomic mass is 9.47. The summed E-state index contributed by atoms with van der Waals surface area (Å²) in [4.78, 5) is 23.5. The van der Waals surface area contributed by atoms with Gasteiger partial charge in [-0.1, -0.05) is 32.4 Å². The molecule has 0 amide bonds. The van der Waals surface area contributed by atoms with Crippen LogP contribution in [-0.2, 0) is 52.2 Å². The van der Waals surface area contributed by atoms with Crippen molar-refractivity contribution in [3.63, 3.8) is 0 Å². The van der Waals surface area contributed by atoms with Crippen LogP contribution >= 0.6 is 0 Å². The standard InChI is InChI=1S/C51H80O22/c1-22-35-30(73-51(22)13-8-24(21-66-51)20-65-34(56)17-48(3,64)16-33(54)55)15-29-27-7-6-25-14-26(9-11-49(25,4)28(27)10-12-50(29,35)5)68-47-44(72-45-41(62)39(60)36(57)23(2)67-45)43(38(59)32(19-53)70-47)71-46-42(63)40(61)37(58)31(18-52)69-46/h6,22-24,26-32,35-47,52-53,57-64H,7-21H2,1-5H3,(H,54,55)/t22-,23?,24-,26-,27+,28-,29-,30-,31?,32?,35-,36?,37?,38?,39?,40?,41?,42?,43?,44?,45?,46?,47?,48-,49-,50-,51+/m0/s1. The van der Waals surface area contributed by atoms with E-state index in [-0.39, 0.29) is 35.4 Å². The summed E-state index contributed by atoms with van der Waals surface area (Å²) in [6, 6.07) is 0. The zero-order valence-electron chi connectivity index (χ0n) is 42.4. The number of aliphatic hydroxyl groups excluding tert-OH is 9.